The molecule has 0 fully saturated rings. The van der Waals surface area contributed by atoms with Crippen LogP contribution in [0.3, 0.4) is 0 Å². The van der Waals surface area contributed by atoms with E-state index in [1.807, 2.05) is 25.1 Å². The lowest BCUT2D eigenvalue weighted by Gasteiger charge is -2.27. The molecule has 1 aliphatic heterocycles. The number of benzene rings is 1. The molecule has 0 amide bonds. The van der Waals surface area contributed by atoms with Gasteiger partial charge < -0.3 is 5.32 Å². The normalized spacial score (nSPS) is 22.7. The Hall–Kier alpha value is -1.03. The maximum absolute atomic E-state index is 12.1. The number of fused-ring (bicyclic) bond motifs is 1. The van der Waals surface area contributed by atoms with Crippen LogP contribution in [0, 0.1) is 0 Å². The highest BCUT2D eigenvalue weighted by Crippen LogP contribution is 2.33. The molecule has 1 heterocycles. The number of hydrogen-bond donors (Lipinski definition) is 1. The van der Waals surface area contributed by atoms with Gasteiger partial charge in [-0.3, -0.25) is 0 Å². The molecule has 0 saturated heterocycles. The van der Waals surface area contributed by atoms with Crippen LogP contribution in [0.5, 0.6) is 0 Å². The predicted octanol–water partition coefficient (Wildman–Crippen LogP) is 2.57. The van der Waals surface area contributed by atoms with E-state index in [1.165, 1.54) is 0 Å². The van der Waals surface area contributed by atoms with E-state index in [9.17, 15) is 8.42 Å². The predicted molar refractivity (Wildman–Crippen MR) is 70.3 cm³/mol. The highest BCUT2D eigenvalue weighted by molar-refractivity contribution is 7.91. The first-order valence-corrected chi connectivity index (χ1v) is 7.49. The third-order valence-corrected chi connectivity index (χ3v) is 5.00. The van der Waals surface area contributed by atoms with Gasteiger partial charge in [0.1, 0.15) is 0 Å². The highest BCUT2D eigenvalue weighted by atomic mass is 32.2. The third-order valence-electron chi connectivity index (χ3n) is 3.05. The van der Waals surface area contributed by atoms with Crippen LogP contribution >= 0.6 is 0 Å². The molecule has 3 nitrogen and oxygen atoms in total. The molecule has 17 heavy (non-hydrogen) atoms. The summed E-state index contributed by atoms with van der Waals surface area (Å²) in [6.07, 6.45) is 0. The fourth-order valence-electron chi connectivity index (χ4n) is 2.09. The number of nitrogens with one attached hydrogen (secondary N) is 1. The zero-order valence-corrected chi connectivity index (χ0v) is 11.6. The molecule has 0 bridgehead atoms. The monoisotopic (exact) mass is 253 g/mol. The second kappa shape index (κ2) is 3.73. The van der Waals surface area contributed by atoms with Crippen molar-refractivity contribution in [3.63, 3.8) is 0 Å². The molecule has 2 rings (SSSR count). The average molecular weight is 253 g/mol. The Labute approximate surface area is 103 Å². The summed E-state index contributed by atoms with van der Waals surface area (Å²) in [6, 6.07) is 5.67. The molecule has 1 aliphatic rings. The van der Waals surface area contributed by atoms with Crippen LogP contribution in [-0.4, -0.2) is 20.2 Å². The van der Waals surface area contributed by atoms with Gasteiger partial charge in [0.25, 0.3) is 0 Å². The third kappa shape index (κ3) is 2.32. The first-order valence-electron chi connectivity index (χ1n) is 5.84. The summed E-state index contributed by atoms with van der Waals surface area (Å²) in [4.78, 5) is 0.447. The van der Waals surface area contributed by atoms with Crippen molar-refractivity contribution in [3.05, 3.63) is 23.8 Å². The highest BCUT2D eigenvalue weighted by Gasteiger charge is 2.29. The van der Waals surface area contributed by atoms with E-state index in [0.29, 0.717) is 4.90 Å². The van der Waals surface area contributed by atoms with Crippen LogP contribution in [0.15, 0.2) is 23.1 Å². The molecule has 1 unspecified atom stereocenters. The van der Waals surface area contributed by atoms with Crippen molar-refractivity contribution in [2.75, 3.05) is 11.1 Å². The molecular formula is C13H19NO2S. The first kappa shape index (κ1) is 12.4. The van der Waals surface area contributed by atoms with Crippen LogP contribution in [0.1, 0.15) is 33.3 Å². The molecule has 0 aromatic heterocycles. The van der Waals surface area contributed by atoms with E-state index >= 15 is 0 Å². The first-order chi connectivity index (χ1) is 7.70. The average Bonchev–Trinajstić information content (AvgIpc) is 2.13. The standard InChI is InChI=1S/C13H19NO2S/c1-9-8-17(15,16)12-7-10(13(2,3)4)5-6-11(12)14-9/h5-7,9,14H,8H2,1-4H3. The quantitative estimate of drug-likeness (QED) is 0.773. The van der Waals surface area contributed by atoms with Crippen molar-refractivity contribution in [2.24, 2.45) is 0 Å². The van der Waals surface area contributed by atoms with Crippen molar-refractivity contribution < 1.29 is 8.42 Å². The van der Waals surface area contributed by atoms with Crippen molar-refractivity contribution in [3.8, 4) is 0 Å². The van der Waals surface area contributed by atoms with Gasteiger partial charge in [-0.15, -0.1) is 0 Å². The lowest BCUT2D eigenvalue weighted by molar-refractivity contribution is 0.579. The second-order valence-corrected chi connectivity index (χ2v) is 7.79. The molecule has 0 spiro atoms. The molecule has 4 heteroatoms. The molecule has 1 aromatic carbocycles. The SMILES string of the molecule is CC1CS(=O)(=O)c2cc(C(C)(C)C)ccc2N1. The Morgan fingerprint density at radius 3 is 2.53 bits per heavy atom. The molecular weight excluding hydrogens is 234 g/mol. The number of rotatable bonds is 0. The van der Waals surface area contributed by atoms with Gasteiger partial charge in [0.2, 0.25) is 0 Å². The largest absolute Gasteiger partial charge is 0.380 e. The van der Waals surface area contributed by atoms with Crippen LogP contribution in [-0.2, 0) is 15.3 Å². The van der Waals surface area contributed by atoms with Gasteiger partial charge >= 0.3 is 0 Å². The summed E-state index contributed by atoms with van der Waals surface area (Å²) in [5.74, 6) is 0.174. The van der Waals surface area contributed by atoms with Crippen molar-refractivity contribution in [1.82, 2.24) is 0 Å². The molecule has 1 atom stereocenters. The van der Waals surface area contributed by atoms with E-state index in [0.717, 1.165) is 11.3 Å². The summed E-state index contributed by atoms with van der Waals surface area (Å²) in [7, 11) is -3.14. The molecule has 0 radical (unpaired) electrons. The fourth-order valence-corrected chi connectivity index (χ4v) is 3.78. The maximum atomic E-state index is 12.1. The summed E-state index contributed by atoms with van der Waals surface area (Å²) in [6.45, 7) is 8.14. The molecule has 0 aliphatic carbocycles. The van der Waals surface area contributed by atoms with Gasteiger partial charge in [-0.25, -0.2) is 8.42 Å². The number of sulfone groups is 1. The Bertz CT molecular complexity index is 541. The smallest absolute Gasteiger partial charge is 0.182 e. The van der Waals surface area contributed by atoms with Crippen molar-refractivity contribution >= 4 is 15.5 Å². The fraction of sp³-hybridized carbons (Fsp3) is 0.538. The van der Waals surface area contributed by atoms with Crippen LogP contribution in [0.25, 0.3) is 0 Å². The molecule has 94 valence electrons. The van der Waals surface area contributed by atoms with Gasteiger partial charge in [0.05, 0.1) is 16.3 Å². The van der Waals surface area contributed by atoms with E-state index in [4.69, 9.17) is 0 Å². The minimum Gasteiger partial charge on any atom is -0.380 e. The van der Waals surface area contributed by atoms with Gasteiger partial charge in [0, 0.05) is 6.04 Å². The van der Waals surface area contributed by atoms with E-state index in [-0.39, 0.29) is 17.2 Å². The number of hydrogen-bond acceptors (Lipinski definition) is 3. The lowest BCUT2D eigenvalue weighted by atomic mass is 9.87. The van der Waals surface area contributed by atoms with Gasteiger partial charge in [-0.05, 0) is 30.0 Å². The van der Waals surface area contributed by atoms with Gasteiger partial charge in [-0.2, -0.15) is 0 Å². The summed E-state index contributed by atoms with van der Waals surface area (Å²) in [5.41, 5.74) is 1.75. The Morgan fingerprint density at radius 2 is 1.94 bits per heavy atom. The Morgan fingerprint density at radius 1 is 1.29 bits per heavy atom. The van der Waals surface area contributed by atoms with E-state index in [2.05, 4.69) is 26.1 Å². The minimum absolute atomic E-state index is 0.0204. The molecule has 0 saturated carbocycles. The van der Waals surface area contributed by atoms with Gasteiger partial charge in [0.15, 0.2) is 9.84 Å². The zero-order valence-electron chi connectivity index (χ0n) is 10.7. The summed E-state index contributed by atoms with van der Waals surface area (Å²) < 4.78 is 24.2. The molecule has 1 N–H and O–H groups in total. The van der Waals surface area contributed by atoms with Gasteiger partial charge in [-0.1, -0.05) is 26.8 Å². The lowest BCUT2D eigenvalue weighted by Crippen LogP contribution is -2.32. The zero-order chi connectivity index (χ0) is 12.8. The van der Waals surface area contributed by atoms with Crippen LogP contribution < -0.4 is 5.32 Å². The minimum atomic E-state index is -3.14. The van der Waals surface area contributed by atoms with E-state index in [1.54, 1.807) is 0 Å². The maximum Gasteiger partial charge on any atom is 0.182 e. The second-order valence-electron chi connectivity index (χ2n) is 5.79. The van der Waals surface area contributed by atoms with Crippen molar-refractivity contribution in [2.45, 2.75) is 44.0 Å². The van der Waals surface area contributed by atoms with E-state index < -0.39 is 9.84 Å². The number of anilines is 1. The molecule has 1 aromatic rings. The summed E-state index contributed by atoms with van der Waals surface area (Å²) in [5, 5.41) is 3.21. The Kier molecular flexibility index (Phi) is 2.73. The summed E-state index contributed by atoms with van der Waals surface area (Å²) >= 11 is 0. The van der Waals surface area contributed by atoms with Crippen molar-refractivity contribution in [1.29, 1.82) is 0 Å². The topological polar surface area (TPSA) is 46.2 Å². The van der Waals surface area contributed by atoms with Crippen LogP contribution in [0.2, 0.25) is 0 Å². The Balaban J connectivity index is 2.60. The van der Waals surface area contributed by atoms with Crippen LogP contribution in [0.4, 0.5) is 5.69 Å².